The summed E-state index contributed by atoms with van der Waals surface area (Å²) in [5.41, 5.74) is 1.09. The third kappa shape index (κ3) is 1.87. The molecule has 0 amide bonds. The van der Waals surface area contributed by atoms with Crippen LogP contribution in [0.25, 0.3) is 4.96 Å². The summed E-state index contributed by atoms with van der Waals surface area (Å²) < 4.78 is 1.89. The molecule has 1 aliphatic rings. The summed E-state index contributed by atoms with van der Waals surface area (Å²) in [5, 5.41) is 1.96. The van der Waals surface area contributed by atoms with Gasteiger partial charge in [-0.05, 0) is 24.7 Å². The van der Waals surface area contributed by atoms with E-state index in [4.69, 9.17) is 0 Å². The van der Waals surface area contributed by atoms with Gasteiger partial charge in [-0.3, -0.25) is 9.20 Å². The van der Waals surface area contributed by atoms with Crippen LogP contribution in [0.3, 0.4) is 0 Å². The Balaban J connectivity index is 1.97. The Hall–Kier alpha value is -1.36. The summed E-state index contributed by atoms with van der Waals surface area (Å²) >= 11 is 1.57. The van der Waals surface area contributed by atoms with Crippen LogP contribution in [0.4, 0.5) is 5.82 Å². The van der Waals surface area contributed by atoms with E-state index in [1.54, 1.807) is 11.3 Å². The first kappa shape index (κ1) is 12.7. The van der Waals surface area contributed by atoms with Gasteiger partial charge in [-0.25, -0.2) is 4.98 Å². The Morgan fingerprint density at radius 3 is 2.89 bits per heavy atom. The van der Waals surface area contributed by atoms with E-state index in [9.17, 15) is 4.79 Å². The number of hydrogen-bond acceptors (Lipinski definition) is 4. The molecule has 1 saturated heterocycles. The number of carbonyl (C=O) groups is 1. The Kier molecular flexibility index (Phi) is 3.09. The number of fused-ring (bicyclic) bond motifs is 1. The second kappa shape index (κ2) is 4.63. The van der Waals surface area contributed by atoms with Gasteiger partial charge in [0, 0.05) is 24.7 Å². The maximum atomic E-state index is 11.4. The van der Waals surface area contributed by atoms with E-state index >= 15 is 0 Å². The largest absolute Gasteiger partial charge is 0.354 e. The number of nitrogens with zero attached hydrogens (tertiary/aromatic N) is 3. The molecule has 0 aromatic carbocycles. The SMILES string of the molecule is CCC1(CC)CCN(c2nc3sccn3c2C=O)C1. The maximum absolute atomic E-state index is 11.4. The second-order valence-corrected chi connectivity index (χ2v) is 6.25. The van der Waals surface area contributed by atoms with Gasteiger partial charge in [0.2, 0.25) is 0 Å². The number of anilines is 1. The fourth-order valence-corrected chi connectivity index (χ4v) is 3.79. The van der Waals surface area contributed by atoms with Crippen LogP contribution in [0, 0.1) is 5.41 Å². The third-order valence-corrected chi connectivity index (χ3v) is 5.39. The average Bonchev–Trinajstić information content (AvgIpc) is 3.12. The number of carbonyl (C=O) groups excluding carboxylic acids is 1. The highest BCUT2D eigenvalue weighted by atomic mass is 32.1. The van der Waals surface area contributed by atoms with Crippen molar-refractivity contribution in [3.05, 3.63) is 17.3 Å². The lowest BCUT2D eigenvalue weighted by molar-refractivity contribution is 0.111. The zero-order valence-corrected chi connectivity index (χ0v) is 12.2. The molecule has 1 aliphatic heterocycles. The highest BCUT2D eigenvalue weighted by molar-refractivity contribution is 7.15. The van der Waals surface area contributed by atoms with E-state index in [1.807, 2.05) is 16.0 Å². The summed E-state index contributed by atoms with van der Waals surface area (Å²) in [6.07, 6.45) is 6.43. The lowest BCUT2D eigenvalue weighted by atomic mass is 9.82. The highest BCUT2D eigenvalue weighted by Crippen LogP contribution is 2.39. The Labute approximate surface area is 117 Å². The fraction of sp³-hybridized carbons (Fsp3) is 0.571. The fourth-order valence-electron chi connectivity index (χ4n) is 3.08. The predicted molar refractivity (Wildman–Crippen MR) is 78.3 cm³/mol. The Bertz CT molecular complexity index is 597. The van der Waals surface area contributed by atoms with Crippen molar-refractivity contribution in [2.24, 2.45) is 5.41 Å². The lowest BCUT2D eigenvalue weighted by Gasteiger charge is -2.26. The van der Waals surface area contributed by atoms with Gasteiger partial charge in [0.05, 0.1) is 0 Å². The predicted octanol–water partition coefficient (Wildman–Crippen LogP) is 3.22. The van der Waals surface area contributed by atoms with E-state index in [0.717, 1.165) is 30.2 Å². The topological polar surface area (TPSA) is 37.6 Å². The van der Waals surface area contributed by atoms with Crippen molar-refractivity contribution in [2.75, 3.05) is 18.0 Å². The zero-order valence-electron chi connectivity index (χ0n) is 11.4. The van der Waals surface area contributed by atoms with Gasteiger partial charge in [-0.1, -0.05) is 13.8 Å². The zero-order chi connectivity index (χ0) is 13.5. The summed E-state index contributed by atoms with van der Waals surface area (Å²) in [5.74, 6) is 0.866. The normalized spacial score (nSPS) is 18.3. The molecule has 19 heavy (non-hydrogen) atoms. The van der Waals surface area contributed by atoms with E-state index in [-0.39, 0.29) is 0 Å². The van der Waals surface area contributed by atoms with Gasteiger partial charge in [0.1, 0.15) is 5.69 Å². The van der Waals surface area contributed by atoms with Gasteiger partial charge >= 0.3 is 0 Å². The maximum Gasteiger partial charge on any atom is 0.196 e. The molecule has 3 heterocycles. The number of thiazole rings is 1. The summed E-state index contributed by atoms with van der Waals surface area (Å²) in [6, 6.07) is 0. The molecule has 3 rings (SSSR count). The Morgan fingerprint density at radius 1 is 1.47 bits per heavy atom. The summed E-state index contributed by atoms with van der Waals surface area (Å²) in [6.45, 7) is 6.55. The van der Waals surface area contributed by atoms with E-state index in [2.05, 4.69) is 23.7 Å². The van der Waals surface area contributed by atoms with Gasteiger partial charge < -0.3 is 4.90 Å². The molecule has 5 heteroatoms. The molecular formula is C14H19N3OS. The van der Waals surface area contributed by atoms with Crippen LogP contribution in [0.5, 0.6) is 0 Å². The van der Waals surface area contributed by atoms with Crippen molar-refractivity contribution in [2.45, 2.75) is 33.1 Å². The molecule has 0 saturated carbocycles. The van der Waals surface area contributed by atoms with Crippen molar-refractivity contribution < 1.29 is 4.79 Å². The number of rotatable bonds is 4. The van der Waals surface area contributed by atoms with Crippen LogP contribution >= 0.6 is 11.3 Å². The lowest BCUT2D eigenvalue weighted by Crippen LogP contribution is -2.27. The number of aldehydes is 1. The van der Waals surface area contributed by atoms with Crippen LogP contribution in [-0.2, 0) is 0 Å². The highest BCUT2D eigenvalue weighted by Gasteiger charge is 2.36. The van der Waals surface area contributed by atoms with Crippen LogP contribution in [0.1, 0.15) is 43.6 Å². The first-order valence-corrected chi connectivity index (χ1v) is 7.76. The second-order valence-electron chi connectivity index (χ2n) is 5.37. The minimum absolute atomic E-state index is 0.400. The third-order valence-electron chi connectivity index (χ3n) is 4.63. The smallest absolute Gasteiger partial charge is 0.196 e. The number of hydrogen-bond donors (Lipinski definition) is 0. The Morgan fingerprint density at radius 2 is 2.26 bits per heavy atom. The van der Waals surface area contributed by atoms with Crippen molar-refractivity contribution in [3.8, 4) is 0 Å². The quantitative estimate of drug-likeness (QED) is 0.805. The van der Waals surface area contributed by atoms with Gasteiger partial charge in [-0.2, -0.15) is 0 Å². The molecule has 0 spiro atoms. The molecule has 2 aromatic heterocycles. The van der Waals surface area contributed by atoms with E-state index in [1.165, 1.54) is 19.3 Å². The number of imidazole rings is 1. The minimum atomic E-state index is 0.400. The van der Waals surface area contributed by atoms with Crippen LogP contribution in [0.15, 0.2) is 11.6 Å². The molecule has 2 aromatic rings. The molecule has 0 N–H and O–H groups in total. The first-order valence-electron chi connectivity index (χ1n) is 6.88. The molecule has 0 unspecified atom stereocenters. The number of aromatic nitrogens is 2. The summed E-state index contributed by atoms with van der Waals surface area (Å²) in [7, 11) is 0. The molecule has 0 aliphatic carbocycles. The molecule has 0 radical (unpaired) electrons. The molecule has 4 nitrogen and oxygen atoms in total. The van der Waals surface area contributed by atoms with Gasteiger partial charge in [0.15, 0.2) is 17.1 Å². The first-order chi connectivity index (χ1) is 9.23. The van der Waals surface area contributed by atoms with Crippen molar-refractivity contribution in [1.29, 1.82) is 0 Å². The molecule has 0 atom stereocenters. The van der Waals surface area contributed by atoms with Crippen LogP contribution < -0.4 is 4.90 Å². The van der Waals surface area contributed by atoms with E-state index in [0.29, 0.717) is 11.1 Å². The van der Waals surface area contributed by atoms with Crippen molar-refractivity contribution in [1.82, 2.24) is 9.38 Å². The van der Waals surface area contributed by atoms with Crippen molar-refractivity contribution >= 4 is 28.4 Å². The molecule has 102 valence electrons. The standard InChI is InChI=1S/C14H19N3OS/c1-3-14(4-2)5-6-16(10-14)12-11(9-18)17-7-8-19-13(17)15-12/h7-9H,3-6,10H2,1-2H3. The average molecular weight is 277 g/mol. The van der Waals surface area contributed by atoms with Crippen LogP contribution in [-0.4, -0.2) is 28.8 Å². The molecular weight excluding hydrogens is 258 g/mol. The monoisotopic (exact) mass is 277 g/mol. The summed E-state index contributed by atoms with van der Waals surface area (Å²) in [4.78, 5) is 19.2. The molecule has 1 fully saturated rings. The van der Waals surface area contributed by atoms with Gasteiger partial charge in [0.25, 0.3) is 0 Å². The van der Waals surface area contributed by atoms with Crippen LogP contribution in [0.2, 0.25) is 0 Å². The minimum Gasteiger partial charge on any atom is -0.354 e. The van der Waals surface area contributed by atoms with Gasteiger partial charge in [-0.15, -0.1) is 11.3 Å². The molecule has 0 bridgehead atoms. The van der Waals surface area contributed by atoms with E-state index < -0.39 is 0 Å². The van der Waals surface area contributed by atoms with Crippen molar-refractivity contribution in [3.63, 3.8) is 0 Å².